The fraction of sp³-hybridized carbons (Fsp3) is 0.615. The lowest BCUT2D eigenvalue weighted by Gasteiger charge is -2.34. The van der Waals surface area contributed by atoms with Crippen LogP contribution in [0.5, 0.6) is 0 Å². The number of aromatic nitrogens is 2. The minimum atomic E-state index is -1.13. The van der Waals surface area contributed by atoms with Gasteiger partial charge < -0.3 is 15.7 Å². The van der Waals surface area contributed by atoms with Gasteiger partial charge >= 0.3 is 12.0 Å². The number of urea groups is 1. The van der Waals surface area contributed by atoms with Crippen molar-refractivity contribution in [3.05, 3.63) is 18.0 Å². The van der Waals surface area contributed by atoms with Gasteiger partial charge in [0.1, 0.15) is 5.54 Å². The van der Waals surface area contributed by atoms with Gasteiger partial charge in [0.25, 0.3) is 0 Å². The van der Waals surface area contributed by atoms with Crippen LogP contribution in [0.4, 0.5) is 4.79 Å². The second-order valence-electron chi connectivity index (χ2n) is 5.30. The third-order valence-corrected chi connectivity index (χ3v) is 3.84. The van der Waals surface area contributed by atoms with E-state index in [-0.39, 0.29) is 6.04 Å². The number of hydrogen-bond donors (Lipinski definition) is 4. The number of amides is 2. The summed E-state index contributed by atoms with van der Waals surface area (Å²) in [7, 11) is 0. The minimum absolute atomic E-state index is 0.233. The summed E-state index contributed by atoms with van der Waals surface area (Å²) in [6, 6.07) is -0.689. The summed E-state index contributed by atoms with van der Waals surface area (Å²) in [5, 5.41) is 21.3. The molecule has 1 saturated carbocycles. The fourth-order valence-electron chi connectivity index (χ4n) is 2.58. The summed E-state index contributed by atoms with van der Waals surface area (Å²) in [5.74, 6) is -0.955. The molecule has 1 unspecified atom stereocenters. The molecule has 1 atom stereocenters. The van der Waals surface area contributed by atoms with Crippen molar-refractivity contribution in [3.8, 4) is 0 Å². The van der Waals surface area contributed by atoms with E-state index in [1.807, 2.05) is 6.92 Å². The Morgan fingerprint density at radius 3 is 2.65 bits per heavy atom. The number of H-pyrrole nitrogens is 1. The molecule has 20 heavy (non-hydrogen) atoms. The first-order chi connectivity index (χ1) is 9.53. The maximum absolute atomic E-state index is 12.0. The zero-order valence-corrected chi connectivity index (χ0v) is 11.5. The summed E-state index contributed by atoms with van der Waals surface area (Å²) in [5.41, 5.74) is -0.286. The third kappa shape index (κ3) is 3.09. The maximum atomic E-state index is 12.0. The van der Waals surface area contributed by atoms with Gasteiger partial charge in [-0.1, -0.05) is 19.3 Å². The predicted octanol–water partition coefficient (Wildman–Crippen LogP) is 1.56. The van der Waals surface area contributed by atoms with E-state index in [9.17, 15) is 14.7 Å². The van der Waals surface area contributed by atoms with Gasteiger partial charge in [-0.25, -0.2) is 9.59 Å². The number of carboxylic acids is 1. The molecule has 2 rings (SSSR count). The van der Waals surface area contributed by atoms with Crippen LogP contribution in [0.3, 0.4) is 0 Å². The van der Waals surface area contributed by atoms with E-state index < -0.39 is 17.5 Å². The van der Waals surface area contributed by atoms with E-state index in [4.69, 9.17) is 0 Å². The van der Waals surface area contributed by atoms with E-state index in [0.717, 1.165) is 24.8 Å². The molecule has 2 amide bonds. The molecule has 7 heteroatoms. The van der Waals surface area contributed by atoms with Gasteiger partial charge in [0.2, 0.25) is 0 Å². The molecule has 0 radical (unpaired) electrons. The number of aliphatic carboxylic acids is 1. The third-order valence-electron chi connectivity index (χ3n) is 3.84. The molecule has 0 spiro atoms. The Morgan fingerprint density at radius 1 is 1.40 bits per heavy atom. The normalized spacial score (nSPS) is 19.1. The number of carbonyl (C=O) groups excluding carboxylic acids is 1. The largest absolute Gasteiger partial charge is 0.480 e. The van der Waals surface area contributed by atoms with Crippen molar-refractivity contribution in [2.45, 2.75) is 50.6 Å². The fourth-order valence-corrected chi connectivity index (χ4v) is 2.58. The molecular weight excluding hydrogens is 260 g/mol. The number of aromatic amines is 1. The number of rotatable bonds is 4. The first kappa shape index (κ1) is 14.4. The Hall–Kier alpha value is -2.05. The van der Waals surface area contributed by atoms with Crippen LogP contribution < -0.4 is 10.6 Å². The smallest absolute Gasteiger partial charge is 0.329 e. The Balaban J connectivity index is 1.97. The number of nitrogens with zero attached hydrogens (tertiary/aromatic N) is 1. The summed E-state index contributed by atoms with van der Waals surface area (Å²) < 4.78 is 0. The lowest BCUT2D eigenvalue weighted by molar-refractivity contribution is -0.145. The highest BCUT2D eigenvalue weighted by Gasteiger charge is 2.41. The van der Waals surface area contributed by atoms with E-state index in [1.54, 1.807) is 12.4 Å². The molecule has 7 nitrogen and oxygen atoms in total. The van der Waals surface area contributed by atoms with Crippen LogP contribution in [0, 0.1) is 0 Å². The second kappa shape index (κ2) is 5.94. The SMILES string of the molecule is CC(NC(=O)NC1(C(=O)O)CCCCC1)c1cn[nH]c1. The molecular formula is C13H20N4O3. The number of nitrogens with one attached hydrogen (secondary N) is 3. The summed E-state index contributed by atoms with van der Waals surface area (Å²) in [6.07, 6.45) is 6.94. The number of carbonyl (C=O) groups is 2. The number of carboxylic acid groups (broad SMARTS) is 1. The minimum Gasteiger partial charge on any atom is -0.480 e. The average molecular weight is 280 g/mol. The molecule has 0 saturated heterocycles. The first-order valence-corrected chi connectivity index (χ1v) is 6.84. The molecule has 1 heterocycles. The van der Waals surface area contributed by atoms with Gasteiger partial charge in [0.05, 0.1) is 12.2 Å². The van der Waals surface area contributed by atoms with Crippen LogP contribution in [0.25, 0.3) is 0 Å². The lowest BCUT2D eigenvalue weighted by Crippen LogP contribution is -2.58. The molecule has 0 aliphatic heterocycles. The highest BCUT2D eigenvalue weighted by molar-refractivity contribution is 5.86. The van der Waals surface area contributed by atoms with E-state index in [0.29, 0.717) is 12.8 Å². The van der Waals surface area contributed by atoms with Crippen LogP contribution in [-0.4, -0.2) is 32.8 Å². The van der Waals surface area contributed by atoms with Crippen molar-refractivity contribution < 1.29 is 14.7 Å². The molecule has 1 aliphatic rings. The van der Waals surface area contributed by atoms with Crippen molar-refractivity contribution in [2.24, 2.45) is 0 Å². The molecule has 1 fully saturated rings. The van der Waals surface area contributed by atoms with Crippen LogP contribution in [0.2, 0.25) is 0 Å². The summed E-state index contributed by atoms with van der Waals surface area (Å²) >= 11 is 0. The number of hydrogen-bond acceptors (Lipinski definition) is 3. The van der Waals surface area contributed by atoms with Crippen LogP contribution in [0.1, 0.15) is 50.6 Å². The monoisotopic (exact) mass is 280 g/mol. The van der Waals surface area contributed by atoms with E-state index in [2.05, 4.69) is 20.8 Å². The zero-order valence-electron chi connectivity index (χ0n) is 11.5. The van der Waals surface area contributed by atoms with Gasteiger partial charge in [0, 0.05) is 11.8 Å². The highest BCUT2D eigenvalue weighted by Crippen LogP contribution is 2.28. The van der Waals surface area contributed by atoms with Crippen LogP contribution >= 0.6 is 0 Å². The Bertz CT molecular complexity index is 466. The second-order valence-corrected chi connectivity index (χ2v) is 5.30. The van der Waals surface area contributed by atoms with Crippen molar-refractivity contribution in [3.63, 3.8) is 0 Å². The summed E-state index contributed by atoms with van der Waals surface area (Å²) in [4.78, 5) is 23.5. The first-order valence-electron chi connectivity index (χ1n) is 6.84. The lowest BCUT2D eigenvalue weighted by atomic mass is 9.82. The van der Waals surface area contributed by atoms with Gasteiger partial charge in [0.15, 0.2) is 0 Å². The average Bonchev–Trinajstić information content (AvgIpc) is 2.93. The summed E-state index contributed by atoms with van der Waals surface area (Å²) in [6.45, 7) is 1.82. The Labute approximate surface area is 117 Å². The molecule has 0 bridgehead atoms. The van der Waals surface area contributed by atoms with E-state index in [1.165, 1.54) is 0 Å². The van der Waals surface area contributed by atoms with Gasteiger partial charge in [-0.2, -0.15) is 5.10 Å². The van der Waals surface area contributed by atoms with Gasteiger partial charge in [-0.05, 0) is 19.8 Å². The van der Waals surface area contributed by atoms with E-state index >= 15 is 0 Å². The molecule has 1 aliphatic carbocycles. The molecule has 0 aromatic carbocycles. The molecule has 110 valence electrons. The van der Waals surface area contributed by atoms with Crippen molar-refractivity contribution in [2.75, 3.05) is 0 Å². The maximum Gasteiger partial charge on any atom is 0.329 e. The standard InChI is InChI=1S/C13H20N4O3/c1-9(10-7-14-15-8-10)16-12(20)17-13(11(18)19)5-3-2-4-6-13/h7-9H,2-6H2,1H3,(H,14,15)(H,18,19)(H2,16,17,20). The Kier molecular flexibility index (Phi) is 4.26. The van der Waals surface area contributed by atoms with Crippen LogP contribution in [-0.2, 0) is 4.79 Å². The zero-order chi connectivity index (χ0) is 14.6. The van der Waals surface area contributed by atoms with Crippen molar-refractivity contribution >= 4 is 12.0 Å². The Morgan fingerprint density at radius 2 is 2.10 bits per heavy atom. The van der Waals surface area contributed by atoms with Crippen LogP contribution in [0.15, 0.2) is 12.4 Å². The topological polar surface area (TPSA) is 107 Å². The van der Waals surface area contributed by atoms with Gasteiger partial charge in [-0.15, -0.1) is 0 Å². The predicted molar refractivity (Wildman–Crippen MR) is 72.1 cm³/mol. The highest BCUT2D eigenvalue weighted by atomic mass is 16.4. The molecule has 1 aromatic heterocycles. The van der Waals surface area contributed by atoms with Gasteiger partial charge in [-0.3, -0.25) is 5.10 Å². The quantitative estimate of drug-likeness (QED) is 0.671. The molecule has 1 aromatic rings. The van der Waals surface area contributed by atoms with Crippen molar-refractivity contribution in [1.29, 1.82) is 0 Å². The molecule has 4 N–H and O–H groups in total. The van der Waals surface area contributed by atoms with Crippen molar-refractivity contribution in [1.82, 2.24) is 20.8 Å².